The molecule has 0 unspecified atom stereocenters. The minimum Gasteiger partial charge on any atom is -0.258 e. The highest BCUT2D eigenvalue weighted by Crippen LogP contribution is 2.37. The van der Waals surface area contributed by atoms with Crippen LogP contribution in [0.25, 0.3) is 10.8 Å². The van der Waals surface area contributed by atoms with Crippen molar-refractivity contribution in [3.8, 4) is 0 Å². The molecule has 0 bridgehead atoms. The van der Waals surface area contributed by atoms with Crippen LogP contribution in [-0.4, -0.2) is 11.1 Å². The maximum atomic E-state index is 10.8. The maximum absolute atomic E-state index is 10.8. The molecule has 0 fully saturated rings. The molecule has 1 aliphatic heterocycles. The summed E-state index contributed by atoms with van der Waals surface area (Å²) in [5, 5.41) is 12.4. The largest absolute Gasteiger partial charge is 0.277 e. The quantitative estimate of drug-likeness (QED) is 0.446. The van der Waals surface area contributed by atoms with Crippen molar-refractivity contribution in [1.82, 2.24) is 0 Å². The predicted molar refractivity (Wildman–Crippen MR) is 57.9 cm³/mol. The third kappa shape index (κ3) is 0.985. The lowest BCUT2D eigenvalue weighted by molar-refractivity contribution is -0.383. The lowest BCUT2D eigenvalue weighted by Crippen LogP contribution is -1.89. The third-order valence-corrected chi connectivity index (χ3v) is 2.57. The van der Waals surface area contributed by atoms with Crippen LogP contribution in [0, 0.1) is 10.1 Å². The Balaban J connectivity index is 2.52. The number of non-ortho nitro benzene ring substituents is 1. The van der Waals surface area contributed by atoms with Crippen molar-refractivity contribution in [2.24, 2.45) is 4.99 Å². The van der Waals surface area contributed by atoms with Crippen LogP contribution < -0.4 is 0 Å². The van der Waals surface area contributed by atoms with Gasteiger partial charge >= 0.3 is 0 Å². The summed E-state index contributed by atoms with van der Waals surface area (Å²) in [4.78, 5) is 14.7. The number of nitrogens with zero attached hydrogens (tertiary/aromatic N) is 2. The molecule has 0 spiro atoms. The number of aliphatic imine (C=N–C) groups is 1. The van der Waals surface area contributed by atoms with E-state index in [9.17, 15) is 10.1 Å². The molecule has 0 atom stereocenters. The van der Waals surface area contributed by atoms with E-state index < -0.39 is 0 Å². The molecule has 0 saturated carbocycles. The molecule has 1 aliphatic rings. The first kappa shape index (κ1) is 8.11. The van der Waals surface area contributed by atoms with Gasteiger partial charge in [-0.1, -0.05) is 12.1 Å². The van der Waals surface area contributed by atoms with E-state index in [0.29, 0.717) is 5.39 Å². The molecule has 4 nitrogen and oxygen atoms in total. The van der Waals surface area contributed by atoms with Gasteiger partial charge in [-0.3, -0.25) is 15.1 Å². The van der Waals surface area contributed by atoms with Crippen LogP contribution in [0.5, 0.6) is 0 Å². The molecular formula is C11H6N2O2. The SMILES string of the molecule is O=[N+]([O-])c1ccc2c3c(cccc13)C=N2. The van der Waals surface area contributed by atoms with Crippen LogP contribution in [0.2, 0.25) is 0 Å². The third-order valence-electron chi connectivity index (χ3n) is 2.57. The van der Waals surface area contributed by atoms with Gasteiger partial charge in [0.15, 0.2) is 0 Å². The van der Waals surface area contributed by atoms with E-state index in [0.717, 1.165) is 16.6 Å². The van der Waals surface area contributed by atoms with E-state index >= 15 is 0 Å². The monoisotopic (exact) mass is 198 g/mol. The number of nitro benzene ring substituents is 1. The molecular weight excluding hydrogens is 192 g/mol. The fourth-order valence-electron chi connectivity index (χ4n) is 1.91. The van der Waals surface area contributed by atoms with Gasteiger partial charge in [0, 0.05) is 23.2 Å². The number of hydrogen-bond acceptors (Lipinski definition) is 3. The van der Waals surface area contributed by atoms with Crippen LogP contribution in [0.1, 0.15) is 5.56 Å². The number of nitro groups is 1. The number of rotatable bonds is 1. The van der Waals surface area contributed by atoms with Gasteiger partial charge < -0.3 is 0 Å². The van der Waals surface area contributed by atoms with Crippen LogP contribution in [-0.2, 0) is 0 Å². The topological polar surface area (TPSA) is 55.5 Å². The van der Waals surface area contributed by atoms with Crippen LogP contribution >= 0.6 is 0 Å². The summed E-state index contributed by atoms with van der Waals surface area (Å²) in [7, 11) is 0. The number of benzene rings is 2. The first-order valence-corrected chi connectivity index (χ1v) is 4.51. The van der Waals surface area contributed by atoms with E-state index in [4.69, 9.17) is 0 Å². The van der Waals surface area contributed by atoms with E-state index in [1.165, 1.54) is 6.07 Å². The molecule has 15 heavy (non-hydrogen) atoms. The Hall–Kier alpha value is -2.23. The number of hydrogen-bond donors (Lipinski definition) is 0. The second-order valence-electron chi connectivity index (χ2n) is 3.39. The molecule has 0 N–H and O–H groups in total. The van der Waals surface area contributed by atoms with Crippen molar-refractivity contribution >= 4 is 28.4 Å². The Morgan fingerprint density at radius 1 is 1.20 bits per heavy atom. The van der Waals surface area contributed by atoms with E-state index in [1.54, 1.807) is 18.3 Å². The molecule has 2 aromatic rings. The van der Waals surface area contributed by atoms with Gasteiger partial charge in [0.1, 0.15) is 0 Å². The Kier molecular flexibility index (Phi) is 1.42. The molecule has 3 rings (SSSR count). The first-order valence-electron chi connectivity index (χ1n) is 4.51. The van der Waals surface area contributed by atoms with Gasteiger partial charge in [0.25, 0.3) is 5.69 Å². The van der Waals surface area contributed by atoms with Gasteiger partial charge in [0.05, 0.1) is 16.0 Å². The fraction of sp³-hybridized carbons (Fsp3) is 0. The average molecular weight is 198 g/mol. The minimum atomic E-state index is -0.360. The summed E-state index contributed by atoms with van der Waals surface area (Å²) in [6, 6.07) is 8.67. The average Bonchev–Trinajstić information content (AvgIpc) is 2.64. The molecule has 1 heterocycles. The lowest BCUT2D eigenvalue weighted by atomic mass is 10.0. The fourth-order valence-corrected chi connectivity index (χ4v) is 1.91. The van der Waals surface area contributed by atoms with Gasteiger partial charge in [-0.15, -0.1) is 0 Å². The van der Waals surface area contributed by atoms with Crippen LogP contribution in [0.15, 0.2) is 35.3 Å². The van der Waals surface area contributed by atoms with E-state index in [-0.39, 0.29) is 10.6 Å². The Morgan fingerprint density at radius 3 is 2.87 bits per heavy atom. The normalized spacial score (nSPS) is 12.3. The summed E-state index contributed by atoms with van der Waals surface area (Å²) in [6.45, 7) is 0. The molecule has 2 aromatic carbocycles. The maximum Gasteiger partial charge on any atom is 0.277 e. The first-order chi connectivity index (χ1) is 7.27. The highest BCUT2D eigenvalue weighted by Gasteiger charge is 2.18. The smallest absolute Gasteiger partial charge is 0.258 e. The minimum absolute atomic E-state index is 0.140. The highest BCUT2D eigenvalue weighted by molar-refractivity contribution is 6.13. The second kappa shape index (κ2) is 2.63. The zero-order valence-electron chi connectivity index (χ0n) is 7.68. The lowest BCUT2D eigenvalue weighted by Gasteiger charge is -2.00. The zero-order valence-corrected chi connectivity index (χ0v) is 7.68. The molecule has 72 valence electrons. The highest BCUT2D eigenvalue weighted by atomic mass is 16.6. The summed E-state index contributed by atoms with van der Waals surface area (Å²) in [6.07, 6.45) is 1.74. The van der Waals surface area contributed by atoms with Crippen LogP contribution in [0.4, 0.5) is 11.4 Å². The molecule has 4 heteroatoms. The summed E-state index contributed by atoms with van der Waals surface area (Å²) < 4.78 is 0. The summed E-state index contributed by atoms with van der Waals surface area (Å²) in [5.41, 5.74) is 1.90. The van der Waals surface area contributed by atoms with Crippen molar-refractivity contribution < 1.29 is 4.92 Å². The summed E-state index contributed by atoms with van der Waals surface area (Å²) in [5.74, 6) is 0. The molecule has 0 radical (unpaired) electrons. The van der Waals surface area contributed by atoms with Crippen molar-refractivity contribution in [2.45, 2.75) is 0 Å². The molecule has 0 amide bonds. The van der Waals surface area contributed by atoms with Crippen molar-refractivity contribution in [2.75, 3.05) is 0 Å². The summed E-state index contributed by atoms with van der Waals surface area (Å²) >= 11 is 0. The molecule has 0 aliphatic carbocycles. The standard InChI is InChI=1S/C11H6N2O2/c14-13(15)10-5-4-9-11-7(6-12-9)2-1-3-8(10)11/h1-6H. The Bertz CT molecular complexity index is 605. The van der Waals surface area contributed by atoms with E-state index in [1.807, 2.05) is 12.1 Å². The van der Waals surface area contributed by atoms with Gasteiger partial charge in [0.2, 0.25) is 0 Å². The van der Waals surface area contributed by atoms with E-state index in [2.05, 4.69) is 4.99 Å². The molecule has 0 aromatic heterocycles. The zero-order chi connectivity index (χ0) is 10.4. The molecule has 0 saturated heterocycles. The van der Waals surface area contributed by atoms with Crippen LogP contribution in [0.3, 0.4) is 0 Å². The predicted octanol–water partition coefficient (Wildman–Crippen LogP) is 2.81. The van der Waals surface area contributed by atoms with Crippen molar-refractivity contribution in [3.05, 3.63) is 46.0 Å². The van der Waals surface area contributed by atoms with Crippen molar-refractivity contribution in [3.63, 3.8) is 0 Å². The van der Waals surface area contributed by atoms with Crippen molar-refractivity contribution in [1.29, 1.82) is 0 Å². The van der Waals surface area contributed by atoms with Gasteiger partial charge in [-0.05, 0) is 12.1 Å². The van der Waals surface area contributed by atoms with Gasteiger partial charge in [-0.25, -0.2) is 0 Å². The van der Waals surface area contributed by atoms with Gasteiger partial charge in [-0.2, -0.15) is 0 Å². The Morgan fingerprint density at radius 2 is 2.07 bits per heavy atom. The Labute approximate surface area is 85.0 Å². The second-order valence-corrected chi connectivity index (χ2v) is 3.39.